The average Bonchev–Trinajstić information content (AvgIpc) is 2.48. The Hall–Kier alpha value is -1.69. The van der Waals surface area contributed by atoms with Crippen LogP contribution in [0.1, 0.15) is 16.7 Å². The molecule has 0 radical (unpaired) electrons. The fourth-order valence-electron chi connectivity index (χ4n) is 2.04. The largest absolute Gasteiger partial charge is 0.392 e. The van der Waals surface area contributed by atoms with Crippen LogP contribution in [-0.4, -0.2) is 20.1 Å². The predicted molar refractivity (Wildman–Crippen MR) is 82.4 cm³/mol. The van der Waals surface area contributed by atoms with Crippen molar-refractivity contribution < 1.29 is 13.5 Å². The molecule has 0 amide bonds. The van der Waals surface area contributed by atoms with Crippen LogP contribution in [0.5, 0.6) is 0 Å². The first kappa shape index (κ1) is 15.7. The summed E-state index contributed by atoms with van der Waals surface area (Å²) >= 11 is 0. The molecule has 0 saturated carbocycles. The Balaban J connectivity index is 2.05. The van der Waals surface area contributed by atoms with Crippen molar-refractivity contribution >= 4 is 10.0 Å². The highest BCUT2D eigenvalue weighted by Crippen LogP contribution is 2.15. The number of aliphatic hydroxyl groups is 1. The van der Waals surface area contributed by atoms with E-state index in [-0.39, 0.29) is 11.5 Å². The van der Waals surface area contributed by atoms with E-state index in [1.165, 1.54) is 6.07 Å². The van der Waals surface area contributed by atoms with Gasteiger partial charge in [-0.25, -0.2) is 13.1 Å². The second-order valence-electron chi connectivity index (χ2n) is 4.88. The molecule has 0 aliphatic heterocycles. The average molecular weight is 305 g/mol. The summed E-state index contributed by atoms with van der Waals surface area (Å²) in [7, 11) is -3.54. The molecule has 0 aliphatic rings. The molecule has 0 aliphatic carbocycles. The third-order valence-corrected chi connectivity index (χ3v) is 4.81. The lowest BCUT2D eigenvalue weighted by Crippen LogP contribution is -2.26. The highest BCUT2D eigenvalue weighted by atomic mass is 32.2. The van der Waals surface area contributed by atoms with Crippen molar-refractivity contribution in [1.82, 2.24) is 4.72 Å². The fourth-order valence-corrected chi connectivity index (χ4v) is 3.13. The number of hydrogen-bond donors (Lipinski definition) is 2. The molecule has 2 N–H and O–H groups in total. The molecular formula is C16H19NO3S. The highest BCUT2D eigenvalue weighted by Gasteiger charge is 2.14. The molecule has 112 valence electrons. The van der Waals surface area contributed by atoms with Gasteiger partial charge in [-0.1, -0.05) is 36.4 Å². The van der Waals surface area contributed by atoms with E-state index in [4.69, 9.17) is 0 Å². The fraction of sp³-hybridized carbons (Fsp3) is 0.250. The van der Waals surface area contributed by atoms with E-state index in [2.05, 4.69) is 4.72 Å². The Labute approximate surface area is 125 Å². The SMILES string of the molecule is Cc1ccc(S(=O)(=O)NCCc2ccccc2)cc1CO. The smallest absolute Gasteiger partial charge is 0.240 e. The molecule has 0 aromatic heterocycles. The first-order valence-electron chi connectivity index (χ1n) is 6.77. The zero-order valence-electron chi connectivity index (χ0n) is 11.9. The van der Waals surface area contributed by atoms with Gasteiger partial charge in [-0.3, -0.25) is 0 Å². The first-order valence-corrected chi connectivity index (χ1v) is 8.25. The van der Waals surface area contributed by atoms with E-state index in [1.807, 2.05) is 37.3 Å². The molecule has 2 rings (SSSR count). The van der Waals surface area contributed by atoms with Gasteiger partial charge in [0.05, 0.1) is 11.5 Å². The van der Waals surface area contributed by atoms with E-state index in [0.29, 0.717) is 18.5 Å². The second kappa shape index (κ2) is 6.85. The van der Waals surface area contributed by atoms with Gasteiger partial charge in [-0.05, 0) is 42.2 Å². The maximum atomic E-state index is 12.2. The molecule has 0 saturated heterocycles. The van der Waals surface area contributed by atoms with Crippen molar-refractivity contribution in [2.24, 2.45) is 0 Å². The summed E-state index contributed by atoms with van der Waals surface area (Å²) in [4.78, 5) is 0.185. The molecule has 4 nitrogen and oxygen atoms in total. The van der Waals surface area contributed by atoms with E-state index in [9.17, 15) is 13.5 Å². The molecule has 0 spiro atoms. The Morgan fingerprint density at radius 2 is 1.81 bits per heavy atom. The standard InChI is InChI=1S/C16H19NO3S/c1-13-7-8-16(11-15(13)12-18)21(19,20)17-10-9-14-5-3-2-4-6-14/h2-8,11,17-18H,9-10,12H2,1H3. The summed E-state index contributed by atoms with van der Waals surface area (Å²) in [5.41, 5.74) is 2.59. The molecule has 0 heterocycles. The first-order chi connectivity index (χ1) is 10.0. The van der Waals surface area contributed by atoms with Gasteiger partial charge in [0.15, 0.2) is 0 Å². The minimum atomic E-state index is -3.54. The van der Waals surface area contributed by atoms with E-state index in [0.717, 1.165) is 11.1 Å². The normalized spacial score (nSPS) is 11.5. The topological polar surface area (TPSA) is 66.4 Å². The van der Waals surface area contributed by atoms with Gasteiger partial charge >= 0.3 is 0 Å². The zero-order valence-corrected chi connectivity index (χ0v) is 12.7. The van der Waals surface area contributed by atoms with Gasteiger partial charge in [0.1, 0.15) is 0 Å². The summed E-state index contributed by atoms with van der Waals surface area (Å²) < 4.78 is 27.0. The van der Waals surface area contributed by atoms with Crippen molar-refractivity contribution in [2.45, 2.75) is 24.8 Å². The van der Waals surface area contributed by atoms with Crippen LogP contribution >= 0.6 is 0 Å². The monoisotopic (exact) mass is 305 g/mol. The van der Waals surface area contributed by atoms with E-state index in [1.54, 1.807) is 12.1 Å². The minimum Gasteiger partial charge on any atom is -0.392 e. The number of benzene rings is 2. The van der Waals surface area contributed by atoms with Crippen molar-refractivity contribution in [1.29, 1.82) is 0 Å². The predicted octanol–water partition coefficient (Wildman–Crippen LogP) is 2.01. The molecule has 2 aromatic carbocycles. The molecular weight excluding hydrogens is 286 g/mol. The van der Waals surface area contributed by atoms with Crippen molar-refractivity contribution in [3.8, 4) is 0 Å². The number of nitrogens with one attached hydrogen (secondary N) is 1. The van der Waals surface area contributed by atoms with Crippen LogP contribution in [0.15, 0.2) is 53.4 Å². The second-order valence-corrected chi connectivity index (χ2v) is 6.65. The third-order valence-electron chi connectivity index (χ3n) is 3.35. The van der Waals surface area contributed by atoms with Crippen LogP contribution in [0.3, 0.4) is 0 Å². The Morgan fingerprint density at radius 3 is 2.48 bits per heavy atom. The van der Waals surface area contributed by atoms with Gasteiger partial charge in [0.25, 0.3) is 0 Å². The van der Waals surface area contributed by atoms with Gasteiger partial charge < -0.3 is 5.11 Å². The molecule has 2 aromatic rings. The molecule has 0 bridgehead atoms. The number of hydrogen-bond acceptors (Lipinski definition) is 3. The zero-order chi connectivity index (χ0) is 15.3. The number of aliphatic hydroxyl groups excluding tert-OH is 1. The lowest BCUT2D eigenvalue weighted by Gasteiger charge is -2.09. The van der Waals surface area contributed by atoms with E-state index >= 15 is 0 Å². The van der Waals surface area contributed by atoms with Crippen LogP contribution < -0.4 is 4.72 Å². The maximum Gasteiger partial charge on any atom is 0.240 e. The van der Waals surface area contributed by atoms with Gasteiger partial charge in [0, 0.05) is 6.54 Å². The molecule has 0 atom stereocenters. The number of sulfonamides is 1. The third kappa shape index (κ3) is 4.14. The number of aryl methyl sites for hydroxylation is 1. The molecule has 0 fully saturated rings. The Bertz CT molecular complexity index is 697. The summed E-state index contributed by atoms with van der Waals surface area (Å²) in [6.45, 7) is 2.01. The quantitative estimate of drug-likeness (QED) is 0.858. The van der Waals surface area contributed by atoms with Crippen LogP contribution in [-0.2, 0) is 23.1 Å². The lowest BCUT2D eigenvalue weighted by atomic mass is 10.1. The Kier molecular flexibility index (Phi) is 5.12. The summed E-state index contributed by atoms with van der Waals surface area (Å²) in [5.74, 6) is 0. The van der Waals surface area contributed by atoms with E-state index < -0.39 is 10.0 Å². The van der Waals surface area contributed by atoms with Crippen molar-refractivity contribution in [3.05, 3.63) is 65.2 Å². The number of rotatable bonds is 6. The summed E-state index contributed by atoms with van der Waals surface area (Å²) in [6, 6.07) is 14.5. The van der Waals surface area contributed by atoms with Crippen molar-refractivity contribution in [3.63, 3.8) is 0 Å². The highest BCUT2D eigenvalue weighted by molar-refractivity contribution is 7.89. The van der Waals surface area contributed by atoms with Crippen LogP contribution in [0.2, 0.25) is 0 Å². The molecule has 21 heavy (non-hydrogen) atoms. The van der Waals surface area contributed by atoms with Crippen LogP contribution in [0.25, 0.3) is 0 Å². The molecule has 5 heteroatoms. The lowest BCUT2D eigenvalue weighted by molar-refractivity contribution is 0.280. The van der Waals surface area contributed by atoms with Crippen molar-refractivity contribution in [2.75, 3.05) is 6.54 Å². The summed E-state index contributed by atoms with van der Waals surface area (Å²) in [5, 5.41) is 9.22. The van der Waals surface area contributed by atoms with Crippen LogP contribution in [0, 0.1) is 6.92 Å². The summed E-state index contributed by atoms with van der Waals surface area (Å²) in [6.07, 6.45) is 0.638. The van der Waals surface area contributed by atoms with Gasteiger partial charge in [-0.2, -0.15) is 0 Å². The van der Waals surface area contributed by atoms with Crippen LogP contribution in [0.4, 0.5) is 0 Å². The minimum absolute atomic E-state index is 0.167. The van der Waals surface area contributed by atoms with Gasteiger partial charge in [0.2, 0.25) is 10.0 Å². The Morgan fingerprint density at radius 1 is 1.10 bits per heavy atom. The van der Waals surface area contributed by atoms with Gasteiger partial charge in [-0.15, -0.1) is 0 Å². The molecule has 0 unspecified atom stereocenters. The maximum absolute atomic E-state index is 12.2.